The van der Waals surface area contributed by atoms with Crippen molar-refractivity contribution >= 4 is 5.69 Å². The molecule has 0 bridgehead atoms. The molecule has 1 rings (SSSR count). The number of rotatable bonds is 3. The first-order chi connectivity index (χ1) is 6.69. The minimum Gasteiger partial charge on any atom is -0.316 e. The summed E-state index contributed by atoms with van der Waals surface area (Å²) in [6.07, 6.45) is 0. The van der Waals surface area contributed by atoms with E-state index in [-0.39, 0.29) is 12.6 Å². The van der Waals surface area contributed by atoms with Gasteiger partial charge in [0, 0.05) is 20.0 Å². The van der Waals surface area contributed by atoms with Crippen LogP contribution in [0.1, 0.15) is 12.5 Å². The number of nitrogens with one attached hydrogen (secondary N) is 1. The van der Waals surface area contributed by atoms with Gasteiger partial charge in [-0.15, -0.1) is 0 Å². The molecule has 0 aliphatic carbocycles. The molecule has 13 heavy (non-hydrogen) atoms. The van der Waals surface area contributed by atoms with Crippen molar-refractivity contribution in [1.29, 1.82) is 0 Å². The van der Waals surface area contributed by atoms with Crippen molar-refractivity contribution < 1.29 is 6.29 Å². The molecule has 0 heterocycles. The zero-order chi connectivity index (χ0) is 10.6. The van der Waals surface area contributed by atoms with Gasteiger partial charge in [0.1, 0.15) is 0 Å². The molecule has 0 spiro atoms. The highest BCUT2D eigenvalue weighted by molar-refractivity contribution is 5.39. The molecule has 1 aromatic rings. The topological polar surface area (TPSA) is 55.2 Å². The van der Waals surface area contributed by atoms with Crippen molar-refractivity contribution in [1.82, 2.24) is 5.32 Å². The fourth-order valence-corrected chi connectivity index (χ4v) is 1.08. The van der Waals surface area contributed by atoms with Gasteiger partial charge in [-0.2, -0.15) is 0 Å². The number of benzene rings is 1. The quantitative estimate of drug-likeness (QED) is 0.571. The lowest BCUT2D eigenvalue weighted by molar-refractivity contribution is -0.384. The van der Waals surface area contributed by atoms with Gasteiger partial charge in [0.15, 0.2) is 0 Å². The number of hydrogen-bond donors (Lipinski definition) is 1. The van der Waals surface area contributed by atoms with E-state index >= 15 is 0 Å². The number of nitro benzene ring substituents is 1. The molecule has 1 N–H and O–H groups in total. The summed E-state index contributed by atoms with van der Waals surface area (Å²) in [5, 5.41) is 13.4. The molecule has 70 valence electrons. The Labute approximate surface area is 78.1 Å². The third kappa shape index (κ3) is 2.26. The predicted molar refractivity (Wildman–Crippen MR) is 50.6 cm³/mol. The molecule has 4 nitrogen and oxygen atoms in total. The van der Waals surface area contributed by atoms with Crippen LogP contribution in [0.25, 0.3) is 0 Å². The Morgan fingerprint density at radius 1 is 1.69 bits per heavy atom. The van der Waals surface area contributed by atoms with E-state index in [1.807, 2.05) is 0 Å². The zero-order valence-electron chi connectivity index (χ0n) is 8.41. The van der Waals surface area contributed by atoms with Gasteiger partial charge in [-0.05, 0) is 25.1 Å². The summed E-state index contributed by atoms with van der Waals surface area (Å²) >= 11 is 0. The van der Waals surface area contributed by atoms with Crippen molar-refractivity contribution in [3.05, 3.63) is 39.4 Å². The Kier molecular flexibility index (Phi) is 2.52. The van der Waals surface area contributed by atoms with Crippen molar-refractivity contribution in [3.8, 4) is 0 Å². The normalized spacial score (nSPS) is 11.0. The summed E-state index contributed by atoms with van der Waals surface area (Å²) in [4.78, 5) is 10.1. The first-order valence-corrected chi connectivity index (χ1v) is 3.89. The van der Waals surface area contributed by atoms with E-state index in [1.54, 1.807) is 13.1 Å². The van der Waals surface area contributed by atoms with Crippen LogP contribution in [-0.2, 0) is 6.54 Å². The molecule has 0 aliphatic heterocycles. The highest BCUT2D eigenvalue weighted by atomic mass is 16.6. The smallest absolute Gasteiger partial charge is 0.269 e. The average molecular weight is 182 g/mol. The fourth-order valence-electron chi connectivity index (χ4n) is 1.08. The molecule has 0 aliphatic rings. The SMILES string of the molecule is [3H]Cc1ccc([N+](=O)[O-])cc1CNC. The largest absolute Gasteiger partial charge is 0.316 e. The molecule has 0 saturated carbocycles. The second-order valence-electron chi connectivity index (χ2n) is 2.74. The van der Waals surface area contributed by atoms with E-state index < -0.39 is 4.92 Å². The van der Waals surface area contributed by atoms with Crippen LogP contribution in [0.5, 0.6) is 0 Å². The first kappa shape index (κ1) is 8.19. The summed E-state index contributed by atoms with van der Waals surface area (Å²) in [6.45, 7) is 0.699. The third-order valence-corrected chi connectivity index (χ3v) is 1.77. The summed E-state index contributed by atoms with van der Waals surface area (Å²) in [5.41, 5.74) is 1.72. The van der Waals surface area contributed by atoms with Crippen LogP contribution >= 0.6 is 0 Å². The lowest BCUT2D eigenvalue weighted by Gasteiger charge is -2.03. The maximum Gasteiger partial charge on any atom is 0.269 e. The van der Waals surface area contributed by atoms with E-state index in [0.29, 0.717) is 6.54 Å². The van der Waals surface area contributed by atoms with Gasteiger partial charge in [-0.25, -0.2) is 0 Å². The fraction of sp³-hybridized carbons (Fsp3) is 0.333. The zero-order valence-corrected chi connectivity index (χ0v) is 7.41. The molecule has 0 saturated heterocycles. The molecule has 0 amide bonds. The van der Waals surface area contributed by atoms with Gasteiger partial charge in [-0.1, -0.05) is 6.07 Å². The molecule has 0 aromatic heterocycles. The van der Waals surface area contributed by atoms with Gasteiger partial charge < -0.3 is 5.32 Å². The van der Waals surface area contributed by atoms with E-state index in [1.165, 1.54) is 12.1 Å². The second kappa shape index (κ2) is 4.00. The standard InChI is InChI=1S/C9H12N2O2/c1-7-3-4-9(11(12)13)5-8(7)6-10-2/h3-5,10H,6H2,1-2H3/i1T. The number of hydrogen-bond acceptors (Lipinski definition) is 3. The number of aryl methyl sites for hydroxylation is 1. The summed E-state index contributed by atoms with van der Waals surface area (Å²) < 4.78 is 7.24. The van der Waals surface area contributed by atoms with Gasteiger partial charge in [0.2, 0.25) is 0 Å². The van der Waals surface area contributed by atoms with Gasteiger partial charge in [0.05, 0.1) is 4.92 Å². The molecular formula is C9H12N2O2. The predicted octanol–water partition coefficient (Wildman–Crippen LogP) is 1.62. The van der Waals surface area contributed by atoms with Gasteiger partial charge >= 0.3 is 0 Å². The Bertz CT molecular complexity index is 342. The Hall–Kier alpha value is -1.42. The van der Waals surface area contributed by atoms with E-state index in [4.69, 9.17) is 1.37 Å². The molecule has 0 atom stereocenters. The second-order valence-corrected chi connectivity index (χ2v) is 2.74. The first-order valence-electron chi connectivity index (χ1n) is 4.59. The number of nitrogens with zero attached hydrogens (tertiary/aromatic N) is 1. The molecule has 0 radical (unpaired) electrons. The van der Waals surface area contributed by atoms with Crippen molar-refractivity contribution in [2.24, 2.45) is 0 Å². The minimum absolute atomic E-state index is 0.0763. The van der Waals surface area contributed by atoms with Gasteiger partial charge in [-0.3, -0.25) is 10.1 Å². The van der Waals surface area contributed by atoms with Crippen LogP contribution in [0.3, 0.4) is 0 Å². The highest BCUT2D eigenvalue weighted by Crippen LogP contribution is 2.16. The third-order valence-electron chi connectivity index (χ3n) is 1.77. The highest BCUT2D eigenvalue weighted by Gasteiger charge is 2.07. The summed E-state index contributed by atoms with van der Waals surface area (Å²) in [5.74, 6) is 0. The van der Waals surface area contributed by atoms with Crippen LogP contribution in [0.2, 0.25) is 0 Å². The molecule has 4 heteroatoms. The molecule has 0 fully saturated rings. The van der Waals surface area contributed by atoms with Crippen LogP contribution in [0, 0.1) is 17.0 Å². The van der Waals surface area contributed by atoms with Crippen molar-refractivity contribution in [3.63, 3.8) is 0 Å². The molecular weight excluding hydrogens is 168 g/mol. The Balaban J connectivity index is 3.07. The van der Waals surface area contributed by atoms with Crippen molar-refractivity contribution in [2.75, 3.05) is 7.05 Å². The van der Waals surface area contributed by atoms with Gasteiger partial charge in [0.25, 0.3) is 5.69 Å². The van der Waals surface area contributed by atoms with Crippen molar-refractivity contribution in [2.45, 2.75) is 13.4 Å². The monoisotopic (exact) mass is 182 g/mol. The molecule has 0 unspecified atom stereocenters. The van der Waals surface area contributed by atoms with Crippen LogP contribution < -0.4 is 5.32 Å². The Morgan fingerprint density at radius 3 is 3.00 bits per heavy atom. The lowest BCUT2D eigenvalue weighted by atomic mass is 10.1. The maximum absolute atomic E-state index is 10.5. The average Bonchev–Trinajstić information content (AvgIpc) is 2.18. The maximum atomic E-state index is 10.5. The number of non-ortho nitro benzene ring substituents is 1. The number of nitro groups is 1. The Morgan fingerprint density at radius 2 is 2.46 bits per heavy atom. The van der Waals surface area contributed by atoms with Crippen LogP contribution in [-0.4, -0.2) is 12.0 Å². The van der Waals surface area contributed by atoms with Crippen LogP contribution in [0.4, 0.5) is 5.69 Å². The van der Waals surface area contributed by atoms with Crippen LogP contribution in [0.15, 0.2) is 18.2 Å². The van der Waals surface area contributed by atoms with E-state index in [0.717, 1.165) is 11.1 Å². The minimum atomic E-state index is -0.424. The summed E-state index contributed by atoms with van der Waals surface area (Å²) in [6, 6.07) is 4.58. The van der Waals surface area contributed by atoms with E-state index in [9.17, 15) is 10.1 Å². The summed E-state index contributed by atoms with van der Waals surface area (Å²) in [7, 11) is 1.77. The van der Waals surface area contributed by atoms with E-state index in [2.05, 4.69) is 5.32 Å². The lowest BCUT2D eigenvalue weighted by Crippen LogP contribution is -2.06. The molecule has 1 aromatic carbocycles.